The van der Waals surface area contributed by atoms with E-state index < -0.39 is 23.5 Å². The standard InChI is InChI=1S/C28H27FN2O4/c1-16(2)21-13-22(17(3)12-23(21)35-4)26(32)24-25(19-6-5-11-30-14-19)31(28(34)27(24)33)15-18-7-9-20(29)10-8-18/h5-14,16,25,32H,15H2,1-4H3/b26-24+. The second-order valence-corrected chi connectivity index (χ2v) is 8.90. The van der Waals surface area contributed by atoms with Crippen molar-refractivity contribution in [3.63, 3.8) is 0 Å². The number of halogens is 1. The highest BCUT2D eigenvalue weighted by Gasteiger charge is 2.46. The van der Waals surface area contributed by atoms with E-state index in [1.807, 2.05) is 32.9 Å². The maximum atomic E-state index is 13.4. The zero-order chi connectivity index (χ0) is 25.3. The molecule has 1 atom stereocenters. The van der Waals surface area contributed by atoms with Crippen LogP contribution in [-0.2, 0) is 16.1 Å². The maximum Gasteiger partial charge on any atom is 0.295 e. The minimum absolute atomic E-state index is 0.00640. The number of aryl methyl sites for hydroxylation is 1. The van der Waals surface area contributed by atoms with Crippen molar-refractivity contribution in [2.24, 2.45) is 0 Å². The van der Waals surface area contributed by atoms with Gasteiger partial charge in [-0.3, -0.25) is 14.6 Å². The topological polar surface area (TPSA) is 79.7 Å². The lowest BCUT2D eigenvalue weighted by Crippen LogP contribution is -2.29. The van der Waals surface area contributed by atoms with Crippen LogP contribution in [0.25, 0.3) is 5.76 Å². The van der Waals surface area contributed by atoms with Crippen LogP contribution in [0, 0.1) is 12.7 Å². The first kappa shape index (κ1) is 24.1. The molecule has 180 valence electrons. The Hall–Kier alpha value is -4.00. The summed E-state index contributed by atoms with van der Waals surface area (Å²) in [7, 11) is 1.59. The largest absolute Gasteiger partial charge is 0.507 e. The molecule has 1 aliphatic rings. The first-order valence-electron chi connectivity index (χ1n) is 11.3. The van der Waals surface area contributed by atoms with E-state index in [9.17, 15) is 19.1 Å². The smallest absolute Gasteiger partial charge is 0.295 e. The SMILES string of the molecule is COc1cc(C)c(/C(O)=C2\C(=O)C(=O)N(Cc3ccc(F)cc3)C2c2cccnc2)cc1C(C)C. The van der Waals surface area contributed by atoms with Gasteiger partial charge in [0.25, 0.3) is 11.7 Å². The summed E-state index contributed by atoms with van der Waals surface area (Å²) in [5, 5.41) is 11.5. The van der Waals surface area contributed by atoms with E-state index in [4.69, 9.17) is 4.74 Å². The van der Waals surface area contributed by atoms with E-state index in [0.717, 1.165) is 5.56 Å². The molecule has 0 aliphatic carbocycles. The third kappa shape index (κ3) is 4.54. The van der Waals surface area contributed by atoms with Gasteiger partial charge in [0.05, 0.1) is 18.7 Å². The zero-order valence-corrected chi connectivity index (χ0v) is 20.1. The molecule has 0 saturated carbocycles. The molecular weight excluding hydrogens is 447 g/mol. The number of nitrogens with zero attached hydrogens (tertiary/aromatic N) is 2. The first-order chi connectivity index (χ1) is 16.7. The van der Waals surface area contributed by atoms with Gasteiger partial charge in [-0.15, -0.1) is 0 Å². The number of aromatic nitrogens is 1. The fourth-order valence-corrected chi connectivity index (χ4v) is 4.44. The third-order valence-corrected chi connectivity index (χ3v) is 6.26. The van der Waals surface area contributed by atoms with Crippen molar-refractivity contribution >= 4 is 17.4 Å². The Morgan fingerprint density at radius 2 is 1.89 bits per heavy atom. The van der Waals surface area contributed by atoms with Crippen LogP contribution in [0.5, 0.6) is 5.75 Å². The Labute approximate surface area is 203 Å². The molecular formula is C28H27FN2O4. The summed E-state index contributed by atoms with van der Waals surface area (Å²) in [5.41, 5.74) is 3.28. The molecule has 1 N–H and O–H groups in total. The van der Waals surface area contributed by atoms with Crippen LogP contribution in [0.1, 0.15) is 53.6 Å². The van der Waals surface area contributed by atoms with Crippen molar-refractivity contribution < 1.29 is 23.8 Å². The first-order valence-corrected chi connectivity index (χ1v) is 11.3. The minimum Gasteiger partial charge on any atom is -0.507 e. The zero-order valence-electron chi connectivity index (χ0n) is 20.1. The number of pyridine rings is 1. The van der Waals surface area contributed by atoms with Gasteiger partial charge in [-0.1, -0.05) is 32.0 Å². The molecule has 1 aliphatic heterocycles. The molecule has 1 fully saturated rings. The Bertz CT molecular complexity index is 1300. The summed E-state index contributed by atoms with van der Waals surface area (Å²) in [6.45, 7) is 5.90. The van der Waals surface area contributed by atoms with Crippen LogP contribution in [0.3, 0.4) is 0 Å². The van der Waals surface area contributed by atoms with Crippen LogP contribution in [-0.4, -0.2) is 33.8 Å². The van der Waals surface area contributed by atoms with Gasteiger partial charge in [-0.2, -0.15) is 0 Å². The van der Waals surface area contributed by atoms with E-state index in [1.165, 1.54) is 17.0 Å². The number of aliphatic hydroxyl groups excluding tert-OH is 1. The van der Waals surface area contributed by atoms with Crippen LogP contribution >= 0.6 is 0 Å². The van der Waals surface area contributed by atoms with Crippen molar-refractivity contribution in [2.45, 2.75) is 39.3 Å². The fourth-order valence-electron chi connectivity index (χ4n) is 4.44. The van der Waals surface area contributed by atoms with E-state index in [-0.39, 0.29) is 23.8 Å². The van der Waals surface area contributed by atoms with Crippen LogP contribution < -0.4 is 4.74 Å². The van der Waals surface area contributed by atoms with Gasteiger partial charge in [0.2, 0.25) is 0 Å². The number of rotatable bonds is 6. The van der Waals surface area contributed by atoms with Crippen LogP contribution in [0.15, 0.2) is 66.5 Å². The molecule has 7 heteroatoms. The van der Waals surface area contributed by atoms with E-state index in [2.05, 4.69) is 4.98 Å². The quantitative estimate of drug-likeness (QED) is 0.299. The highest BCUT2D eigenvalue weighted by molar-refractivity contribution is 6.46. The molecule has 2 heterocycles. The Morgan fingerprint density at radius 1 is 1.17 bits per heavy atom. The van der Waals surface area contributed by atoms with Gasteiger partial charge in [0.15, 0.2) is 0 Å². The summed E-state index contributed by atoms with van der Waals surface area (Å²) >= 11 is 0. The summed E-state index contributed by atoms with van der Waals surface area (Å²) in [6, 6.07) is 12.0. The molecule has 1 amide bonds. The van der Waals surface area contributed by atoms with Gasteiger partial charge in [0.1, 0.15) is 17.3 Å². The molecule has 2 aromatic carbocycles. The number of carbonyl (C=O) groups excluding carboxylic acids is 2. The van der Waals surface area contributed by atoms with Gasteiger partial charge < -0.3 is 14.7 Å². The summed E-state index contributed by atoms with van der Waals surface area (Å²) in [5.74, 6) is -1.36. The number of ether oxygens (including phenoxy) is 1. The highest BCUT2D eigenvalue weighted by atomic mass is 19.1. The van der Waals surface area contributed by atoms with Gasteiger partial charge in [-0.25, -0.2) is 4.39 Å². The number of amides is 1. The van der Waals surface area contributed by atoms with Crippen molar-refractivity contribution in [1.29, 1.82) is 0 Å². The average Bonchev–Trinajstić information content (AvgIpc) is 3.10. The Balaban J connectivity index is 1.89. The van der Waals surface area contributed by atoms with Crippen molar-refractivity contribution in [1.82, 2.24) is 9.88 Å². The number of hydrogen-bond acceptors (Lipinski definition) is 5. The molecule has 4 rings (SSSR count). The summed E-state index contributed by atoms with van der Waals surface area (Å²) in [4.78, 5) is 32.0. The third-order valence-electron chi connectivity index (χ3n) is 6.26. The lowest BCUT2D eigenvalue weighted by molar-refractivity contribution is -0.140. The molecule has 1 aromatic heterocycles. The molecule has 35 heavy (non-hydrogen) atoms. The number of carbonyl (C=O) groups is 2. The second-order valence-electron chi connectivity index (χ2n) is 8.90. The normalized spacial score (nSPS) is 17.3. The number of ketones is 1. The average molecular weight is 475 g/mol. The van der Waals surface area contributed by atoms with Crippen molar-refractivity contribution in [3.05, 3.63) is 100 Å². The van der Waals surface area contributed by atoms with Crippen molar-refractivity contribution in [3.8, 4) is 5.75 Å². The Kier molecular flexibility index (Phi) is 6.69. The number of aliphatic hydroxyl groups is 1. The molecule has 0 bridgehead atoms. The molecule has 0 spiro atoms. The summed E-state index contributed by atoms with van der Waals surface area (Å²) < 4.78 is 18.9. The molecule has 6 nitrogen and oxygen atoms in total. The molecule has 1 unspecified atom stereocenters. The highest BCUT2D eigenvalue weighted by Crippen LogP contribution is 2.41. The monoisotopic (exact) mass is 474 g/mol. The van der Waals surface area contributed by atoms with Crippen LogP contribution in [0.2, 0.25) is 0 Å². The molecule has 3 aromatic rings. The van der Waals surface area contributed by atoms with Crippen molar-refractivity contribution in [2.75, 3.05) is 7.11 Å². The Morgan fingerprint density at radius 3 is 2.49 bits per heavy atom. The van der Waals surface area contributed by atoms with E-state index in [0.29, 0.717) is 28.0 Å². The molecule has 1 saturated heterocycles. The lowest BCUT2D eigenvalue weighted by atomic mass is 9.91. The number of methoxy groups -OCH3 is 1. The lowest BCUT2D eigenvalue weighted by Gasteiger charge is -2.25. The molecule has 0 radical (unpaired) electrons. The predicted octanol–water partition coefficient (Wildman–Crippen LogP) is 5.28. The summed E-state index contributed by atoms with van der Waals surface area (Å²) in [6.07, 6.45) is 3.17. The number of hydrogen-bond donors (Lipinski definition) is 1. The number of likely N-dealkylation sites (tertiary alicyclic amines) is 1. The number of Topliss-reactive ketones (excluding diaryl/α,β-unsaturated/α-hetero) is 1. The van der Waals surface area contributed by atoms with Gasteiger partial charge in [0, 0.05) is 24.5 Å². The van der Waals surface area contributed by atoms with Crippen LogP contribution in [0.4, 0.5) is 4.39 Å². The van der Waals surface area contributed by atoms with Gasteiger partial charge >= 0.3 is 0 Å². The minimum atomic E-state index is -0.849. The van der Waals surface area contributed by atoms with Gasteiger partial charge in [-0.05, 0) is 65.4 Å². The second kappa shape index (κ2) is 9.70. The van der Waals surface area contributed by atoms with E-state index in [1.54, 1.807) is 43.8 Å². The maximum absolute atomic E-state index is 13.4. The number of benzene rings is 2. The fraction of sp³-hybridized carbons (Fsp3) is 0.250. The van der Waals surface area contributed by atoms with E-state index >= 15 is 0 Å². The predicted molar refractivity (Wildman–Crippen MR) is 130 cm³/mol.